The number of hydrogen-bond donors (Lipinski definition) is 1. The highest BCUT2D eigenvalue weighted by Gasteiger charge is 2.32. The summed E-state index contributed by atoms with van der Waals surface area (Å²) in [5, 5.41) is 0. The number of hydrogen-bond acceptors (Lipinski definition) is 3. The number of aromatic nitrogens is 3. The molecule has 1 N–H and O–H groups in total. The molecule has 98 valence electrons. The van der Waals surface area contributed by atoms with Gasteiger partial charge in [0.15, 0.2) is 5.82 Å². The van der Waals surface area contributed by atoms with Gasteiger partial charge in [-0.3, -0.25) is 9.78 Å². The van der Waals surface area contributed by atoms with E-state index < -0.39 is 0 Å². The molecule has 1 aliphatic rings. The Morgan fingerprint density at radius 2 is 2.32 bits per heavy atom. The first-order valence-corrected chi connectivity index (χ1v) is 6.49. The van der Waals surface area contributed by atoms with Gasteiger partial charge in [-0.25, -0.2) is 4.98 Å². The first kappa shape index (κ1) is 11.9. The van der Waals surface area contributed by atoms with Crippen LogP contribution in [0.25, 0.3) is 0 Å². The second kappa shape index (κ2) is 4.84. The molecule has 1 fully saturated rings. The average molecular weight is 256 g/mol. The van der Waals surface area contributed by atoms with E-state index in [2.05, 4.69) is 15.0 Å². The van der Waals surface area contributed by atoms with Gasteiger partial charge in [0.05, 0.1) is 11.7 Å². The Labute approximate surface area is 111 Å². The van der Waals surface area contributed by atoms with E-state index in [-0.39, 0.29) is 11.9 Å². The third kappa shape index (κ3) is 2.23. The monoisotopic (exact) mass is 256 g/mol. The Kier molecular flexibility index (Phi) is 3.03. The van der Waals surface area contributed by atoms with E-state index in [1.807, 2.05) is 30.0 Å². The number of pyridine rings is 1. The van der Waals surface area contributed by atoms with Crippen LogP contribution in [0.2, 0.25) is 0 Å². The molecule has 2 aromatic rings. The van der Waals surface area contributed by atoms with Crippen molar-refractivity contribution in [3.05, 3.63) is 47.8 Å². The average Bonchev–Trinajstić information content (AvgIpc) is 3.07. The Morgan fingerprint density at radius 3 is 3.00 bits per heavy atom. The van der Waals surface area contributed by atoms with Crippen molar-refractivity contribution in [3.63, 3.8) is 0 Å². The molecule has 1 saturated heterocycles. The second-order valence-corrected chi connectivity index (χ2v) is 4.83. The lowest BCUT2D eigenvalue weighted by molar-refractivity contribution is 0.0721. The Bertz CT molecular complexity index is 578. The molecule has 1 aliphatic heterocycles. The maximum absolute atomic E-state index is 12.4. The van der Waals surface area contributed by atoms with Crippen molar-refractivity contribution in [1.82, 2.24) is 19.9 Å². The predicted octanol–water partition coefficient (Wildman–Crippen LogP) is 2.09. The highest BCUT2D eigenvalue weighted by atomic mass is 16.2. The zero-order valence-corrected chi connectivity index (χ0v) is 10.8. The van der Waals surface area contributed by atoms with Crippen LogP contribution in [0, 0.1) is 6.92 Å². The molecule has 0 spiro atoms. The SMILES string of the molecule is Cc1cnc(C(=O)N2CCC[C@H]2c2ccccn2)[nH]1. The molecule has 0 aromatic carbocycles. The molecule has 1 amide bonds. The summed E-state index contributed by atoms with van der Waals surface area (Å²) in [6.07, 6.45) is 5.42. The number of rotatable bonds is 2. The van der Waals surface area contributed by atoms with Crippen molar-refractivity contribution in [1.29, 1.82) is 0 Å². The molecular weight excluding hydrogens is 240 g/mol. The van der Waals surface area contributed by atoms with E-state index in [0.717, 1.165) is 30.8 Å². The number of carbonyl (C=O) groups excluding carboxylic acids is 1. The van der Waals surface area contributed by atoms with Crippen LogP contribution in [-0.4, -0.2) is 32.3 Å². The molecule has 0 unspecified atom stereocenters. The van der Waals surface area contributed by atoms with Crippen LogP contribution in [0.1, 0.15) is 40.9 Å². The van der Waals surface area contributed by atoms with Gasteiger partial charge in [0.2, 0.25) is 0 Å². The van der Waals surface area contributed by atoms with Crippen molar-refractivity contribution in [2.75, 3.05) is 6.54 Å². The maximum atomic E-state index is 12.4. The van der Waals surface area contributed by atoms with Crippen molar-refractivity contribution in [2.24, 2.45) is 0 Å². The van der Waals surface area contributed by atoms with Gasteiger partial charge >= 0.3 is 0 Å². The Hall–Kier alpha value is -2.17. The van der Waals surface area contributed by atoms with Crippen molar-refractivity contribution >= 4 is 5.91 Å². The van der Waals surface area contributed by atoms with E-state index in [4.69, 9.17) is 0 Å². The molecule has 0 bridgehead atoms. The normalized spacial score (nSPS) is 18.8. The van der Waals surface area contributed by atoms with E-state index in [0.29, 0.717) is 5.82 Å². The van der Waals surface area contributed by atoms with Gasteiger partial charge in [-0.1, -0.05) is 6.07 Å². The smallest absolute Gasteiger partial charge is 0.290 e. The number of aromatic amines is 1. The summed E-state index contributed by atoms with van der Waals surface area (Å²) in [5.41, 5.74) is 1.86. The highest BCUT2D eigenvalue weighted by molar-refractivity contribution is 5.91. The van der Waals surface area contributed by atoms with E-state index in [1.165, 1.54) is 0 Å². The number of carbonyl (C=O) groups is 1. The molecule has 1 atom stereocenters. The lowest BCUT2D eigenvalue weighted by atomic mass is 10.1. The first-order chi connectivity index (χ1) is 9.25. The molecule has 0 radical (unpaired) electrons. The molecule has 3 rings (SSSR count). The van der Waals surface area contributed by atoms with Crippen molar-refractivity contribution in [3.8, 4) is 0 Å². The topological polar surface area (TPSA) is 61.9 Å². The first-order valence-electron chi connectivity index (χ1n) is 6.49. The van der Waals surface area contributed by atoms with Crippen molar-refractivity contribution < 1.29 is 4.79 Å². The summed E-state index contributed by atoms with van der Waals surface area (Å²) in [5.74, 6) is 0.376. The van der Waals surface area contributed by atoms with Gasteiger partial charge in [0.1, 0.15) is 0 Å². The van der Waals surface area contributed by atoms with Crippen molar-refractivity contribution in [2.45, 2.75) is 25.8 Å². The van der Waals surface area contributed by atoms with Gasteiger partial charge in [-0.15, -0.1) is 0 Å². The van der Waals surface area contributed by atoms with Gasteiger partial charge in [-0.2, -0.15) is 0 Å². The number of nitrogens with zero attached hydrogens (tertiary/aromatic N) is 3. The minimum atomic E-state index is -0.0405. The van der Waals surface area contributed by atoms with Crippen LogP contribution in [0.5, 0.6) is 0 Å². The van der Waals surface area contributed by atoms with Gasteiger partial charge < -0.3 is 9.88 Å². The van der Waals surface area contributed by atoms with Gasteiger partial charge in [0.25, 0.3) is 5.91 Å². The fourth-order valence-corrected chi connectivity index (χ4v) is 2.55. The van der Waals surface area contributed by atoms with Crippen LogP contribution in [0.3, 0.4) is 0 Å². The number of imidazole rings is 1. The van der Waals surface area contributed by atoms with E-state index in [9.17, 15) is 4.79 Å². The third-order valence-electron chi connectivity index (χ3n) is 3.45. The number of amides is 1. The molecule has 5 heteroatoms. The molecule has 0 aliphatic carbocycles. The number of likely N-dealkylation sites (tertiary alicyclic amines) is 1. The van der Waals surface area contributed by atoms with Crippen LogP contribution in [0.4, 0.5) is 0 Å². The number of nitrogens with one attached hydrogen (secondary N) is 1. The minimum absolute atomic E-state index is 0.0405. The van der Waals surface area contributed by atoms with Crippen LogP contribution in [-0.2, 0) is 0 Å². The third-order valence-corrected chi connectivity index (χ3v) is 3.45. The molecule has 3 heterocycles. The van der Waals surface area contributed by atoms with Gasteiger partial charge in [-0.05, 0) is 31.9 Å². The Morgan fingerprint density at radius 1 is 1.42 bits per heavy atom. The van der Waals surface area contributed by atoms with Crippen LogP contribution in [0.15, 0.2) is 30.6 Å². The lowest BCUT2D eigenvalue weighted by Crippen LogP contribution is -2.31. The molecular formula is C14H16N4O. The molecule has 2 aromatic heterocycles. The standard InChI is InChI=1S/C14H16N4O/c1-10-9-16-13(17-10)14(19)18-8-4-6-12(18)11-5-2-3-7-15-11/h2-3,5,7,9,12H,4,6,8H2,1H3,(H,16,17)/t12-/m0/s1. The largest absolute Gasteiger partial charge is 0.338 e. The zero-order valence-electron chi connectivity index (χ0n) is 10.8. The second-order valence-electron chi connectivity index (χ2n) is 4.83. The summed E-state index contributed by atoms with van der Waals surface area (Å²) >= 11 is 0. The number of H-pyrrole nitrogens is 1. The van der Waals surface area contributed by atoms with Crippen LogP contribution < -0.4 is 0 Å². The quantitative estimate of drug-likeness (QED) is 0.895. The summed E-state index contributed by atoms with van der Waals surface area (Å²) in [6, 6.07) is 5.89. The molecule has 0 saturated carbocycles. The summed E-state index contributed by atoms with van der Waals surface area (Å²) < 4.78 is 0. The number of aryl methyl sites for hydroxylation is 1. The zero-order chi connectivity index (χ0) is 13.2. The maximum Gasteiger partial charge on any atom is 0.290 e. The minimum Gasteiger partial charge on any atom is -0.338 e. The van der Waals surface area contributed by atoms with Gasteiger partial charge in [0, 0.05) is 24.6 Å². The fourth-order valence-electron chi connectivity index (χ4n) is 2.55. The summed E-state index contributed by atoms with van der Waals surface area (Å²) in [6.45, 7) is 2.66. The Balaban J connectivity index is 1.86. The fraction of sp³-hybridized carbons (Fsp3) is 0.357. The van der Waals surface area contributed by atoms with Crippen LogP contribution >= 0.6 is 0 Å². The summed E-state index contributed by atoms with van der Waals surface area (Å²) in [7, 11) is 0. The summed E-state index contributed by atoms with van der Waals surface area (Å²) in [4.78, 5) is 25.8. The predicted molar refractivity (Wildman–Crippen MR) is 70.6 cm³/mol. The van der Waals surface area contributed by atoms with E-state index in [1.54, 1.807) is 12.4 Å². The molecule has 5 nitrogen and oxygen atoms in total. The molecule has 19 heavy (non-hydrogen) atoms. The van der Waals surface area contributed by atoms with E-state index >= 15 is 0 Å². The highest BCUT2D eigenvalue weighted by Crippen LogP contribution is 2.31. The lowest BCUT2D eigenvalue weighted by Gasteiger charge is -2.23.